The Morgan fingerprint density at radius 2 is 2.08 bits per heavy atom. The van der Waals surface area contributed by atoms with Gasteiger partial charge in [0.2, 0.25) is 0 Å². The second-order valence-corrected chi connectivity index (χ2v) is 3.34. The molecule has 0 aromatic heterocycles. The van der Waals surface area contributed by atoms with Gasteiger partial charge in [-0.3, -0.25) is 0 Å². The Hall–Kier alpha value is -0.200. The lowest BCUT2D eigenvalue weighted by atomic mass is 9.93. The maximum absolute atomic E-state index is 9.52. The molecule has 0 saturated carbocycles. The summed E-state index contributed by atoms with van der Waals surface area (Å²) in [6.45, 7) is 0.268. The van der Waals surface area contributed by atoms with Crippen LogP contribution in [0.1, 0.15) is 0 Å². The van der Waals surface area contributed by atoms with Gasteiger partial charge in [-0.15, -0.1) is 0 Å². The van der Waals surface area contributed by atoms with Gasteiger partial charge in [-0.05, 0) is 0 Å². The second kappa shape index (κ2) is 2.93. The number of rotatable bonds is 1. The molecule has 5 atom stereocenters. The topological polar surface area (TPSA) is 82.0 Å². The monoisotopic (exact) mass is 175 g/mol. The van der Waals surface area contributed by atoms with Gasteiger partial charge in [0.05, 0.1) is 25.3 Å². The fourth-order valence-electron chi connectivity index (χ4n) is 1.85. The SMILES string of the molecule is OC[C@H]1N[C@H]2CO[C@H]([C@@H]2O)[C@@H]1O. The van der Waals surface area contributed by atoms with Crippen molar-refractivity contribution >= 4 is 0 Å². The standard InChI is InChI=1S/C7H13NO4/c9-1-3-5(10)7-6(11)4(8-3)2-12-7/h3-11H,1-2H2/t3-,4+,5-,6-,7+/m1/s1. The molecular formula is C7H13NO4. The Labute approximate surface area is 70.0 Å². The van der Waals surface area contributed by atoms with E-state index in [-0.39, 0.29) is 18.7 Å². The molecule has 2 aliphatic heterocycles. The van der Waals surface area contributed by atoms with Crippen molar-refractivity contribution in [3.05, 3.63) is 0 Å². The molecule has 2 heterocycles. The van der Waals surface area contributed by atoms with Gasteiger partial charge >= 0.3 is 0 Å². The average molecular weight is 175 g/mol. The van der Waals surface area contributed by atoms with Gasteiger partial charge in [-0.1, -0.05) is 0 Å². The van der Waals surface area contributed by atoms with Gasteiger partial charge < -0.3 is 25.4 Å². The molecule has 0 aliphatic carbocycles. The van der Waals surface area contributed by atoms with Crippen molar-refractivity contribution in [2.75, 3.05) is 13.2 Å². The third-order valence-electron chi connectivity index (χ3n) is 2.59. The quantitative estimate of drug-likeness (QED) is 0.352. The summed E-state index contributed by atoms with van der Waals surface area (Å²) in [6.07, 6.45) is -2.00. The Kier molecular flexibility index (Phi) is 2.05. The van der Waals surface area contributed by atoms with Gasteiger partial charge in [-0.2, -0.15) is 0 Å². The Bertz CT molecular complexity index is 177. The number of aliphatic hydroxyl groups excluding tert-OH is 3. The predicted molar refractivity (Wildman–Crippen MR) is 39.6 cm³/mol. The van der Waals surface area contributed by atoms with E-state index in [1.54, 1.807) is 0 Å². The highest BCUT2D eigenvalue weighted by molar-refractivity contribution is 5.02. The predicted octanol–water partition coefficient (Wildman–Crippen LogP) is -2.56. The van der Waals surface area contributed by atoms with Crippen LogP contribution in [-0.4, -0.2) is 58.9 Å². The molecule has 2 fully saturated rings. The number of hydrogen-bond donors (Lipinski definition) is 4. The lowest BCUT2D eigenvalue weighted by Crippen LogP contribution is -2.62. The molecule has 2 bridgehead atoms. The second-order valence-electron chi connectivity index (χ2n) is 3.34. The summed E-state index contributed by atoms with van der Waals surface area (Å²) in [6, 6.07) is -0.513. The summed E-state index contributed by atoms with van der Waals surface area (Å²) < 4.78 is 5.16. The van der Waals surface area contributed by atoms with Crippen molar-refractivity contribution in [2.45, 2.75) is 30.4 Å². The van der Waals surface area contributed by atoms with Crippen LogP contribution in [0.2, 0.25) is 0 Å². The van der Waals surface area contributed by atoms with Crippen LogP contribution in [0.25, 0.3) is 0 Å². The van der Waals surface area contributed by atoms with Crippen molar-refractivity contribution in [3.8, 4) is 0 Å². The minimum Gasteiger partial charge on any atom is -0.395 e. The average Bonchev–Trinajstić information content (AvgIpc) is 2.31. The van der Waals surface area contributed by atoms with E-state index in [0.717, 1.165) is 0 Å². The van der Waals surface area contributed by atoms with E-state index in [1.165, 1.54) is 0 Å². The molecule has 5 heteroatoms. The molecular weight excluding hydrogens is 162 g/mol. The molecule has 70 valence electrons. The van der Waals surface area contributed by atoms with Gasteiger partial charge in [-0.25, -0.2) is 0 Å². The minimum absolute atomic E-state index is 0.135. The summed E-state index contributed by atoms with van der Waals surface area (Å²) in [5.74, 6) is 0. The van der Waals surface area contributed by atoms with Crippen molar-refractivity contribution in [3.63, 3.8) is 0 Å². The lowest BCUT2D eigenvalue weighted by Gasteiger charge is -2.35. The molecule has 5 nitrogen and oxygen atoms in total. The lowest BCUT2D eigenvalue weighted by molar-refractivity contribution is -0.0794. The highest BCUT2D eigenvalue weighted by Crippen LogP contribution is 2.24. The molecule has 0 aromatic carbocycles. The molecule has 0 amide bonds. The van der Waals surface area contributed by atoms with Crippen molar-refractivity contribution < 1.29 is 20.1 Å². The number of nitrogens with one attached hydrogen (secondary N) is 1. The van der Waals surface area contributed by atoms with Crippen LogP contribution in [0, 0.1) is 0 Å². The van der Waals surface area contributed by atoms with E-state index < -0.39 is 18.3 Å². The highest BCUT2D eigenvalue weighted by Gasteiger charge is 2.48. The number of fused-ring (bicyclic) bond motifs is 2. The zero-order valence-corrected chi connectivity index (χ0v) is 6.55. The van der Waals surface area contributed by atoms with Crippen LogP contribution in [0.3, 0.4) is 0 Å². The molecule has 2 saturated heterocycles. The fraction of sp³-hybridized carbons (Fsp3) is 1.00. The maximum atomic E-state index is 9.52. The molecule has 0 aromatic rings. The first-order valence-electron chi connectivity index (χ1n) is 4.08. The zero-order valence-electron chi connectivity index (χ0n) is 6.55. The van der Waals surface area contributed by atoms with Crippen LogP contribution in [0.4, 0.5) is 0 Å². The van der Waals surface area contributed by atoms with E-state index in [1.807, 2.05) is 0 Å². The number of piperidine rings is 1. The van der Waals surface area contributed by atoms with E-state index in [9.17, 15) is 10.2 Å². The smallest absolute Gasteiger partial charge is 0.112 e. The van der Waals surface area contributed by atoms with Crippen LogP contribution < -0.4 is 5.32 Å². The fourth-order valence-corrected chi connectivity index (χ4v) is 1.85. The first-order chi connectivity index (χ1) is 5.74. The summed E-state index contributed by atoms with van der Waals surface area (Å²) in [5.41, 5.74) is 0. The van der Waals surface area contributed by atoms with Gasteiger partial charge in [0.25, 0.3) is 0 Å². The summed E-state index contributed by atoms with van der Waals surface area (Å²) >= 11 is 0. The van der Waals surface area contributed by atoms with Crippen molar-refractivity contribution in [1.82, 2.24) is 5.32 Å². The van der Waals surface area contributed by atoms with Crippen LogP contribution in [0.5, 0.6) is 0 Å². The molecule has 2 rings (SSSR count). The van der Waals surface area contributed by atoms with Gasteiger partial charge in [0.15, 0.2) is 0 Å². The number of ether oxygens (including phenoxy) is 1. The summed E-state index contributed by atoms with van der Waals surface area (Å²) in [7, 11) is 0. The van der Waals surface area contributed by atoms with E-state index in [0.29, 0.717) is 6.61 Å². The third-order valence-corrected chi connectivity index (χ3v) is 2.59. The molecule has 2 aliphatic rings. The molecule has 4 N–H and O–H groups in total. The highest BCUT2D eigenvalue weighted by atomic mass is 16.5. The maximum Gasteiger partial charge on any atom is 0.112 e. The van der Waals surface area contributed by atoms with Crippen LogP contribution >= 0.6 is 0 Å². The number of aliphatic hydroxyl groups is 3. The van der Waals surface area contributed by atoms with Gasteiger partial charge in [0.1, 0.15) is 18.3 Å². The Morgan fingerprint density at radius 1 is 1.33 bits per heavy atom. The first-order valence-corrected chi connectivity index (χ1v) is 4.08. The Morgan fingerprint density at radius 3 is 2.75 bits per heavy atom. The molecule has 12 heavy (non-hydrogen) atoms. The largest absolute Gasteiger partial charge is 0.395 e. The van der Waals surface area contributed by atoms with Gasteiger partial charge in [0, 0.05) is 0 Å². The van der Waals surface area contributed by atoms with Crippen molar-refractivity contribution in [1.29, 1.82) is 0 Å². The normalized spacial score (nSPS) is 52.8. The Balaban J connectivity index is 2.12. The summed E-state index contributed by atoms with van der Waals surface area (Å²) in [4.78, 5) is 0. The minimum atomic E-state index is -0.816. The molecule has 0 spiro atoms. The van der Waals surface area contributed by atoms with Crippen LogP contribution in [0.15, 0.2) is 0 Å². The number of hydrogen-bond acceptors (Lipinski definition) is 5. The third kappa shape index (κ3) is 1.06. The summed E-state index contributed by atoms with van der Waals surface area (Å²) in [5, 5.41) is 30.8. The van der Waals surface area contributed by atoms with E-state index >= 15 is 0 Å². The first kappa shape index (κ1) is 8.40. The molecule has 0 unspecified atom stereocenters. The zero-order chi connectivity index (χ0) is 8.72. The van der Waals surface area contributed by atoms with Crippen LogP contribution in [-0.2, 0) is 4.74 Å². The molecule has 0 radical (unpaired) electrons. The van der Waals surface area contributed by atoms with E-state index in [2.05, 4.69) is 5.32 Å². The van der Waals surface area contributed by atoms with Crippen molar-refractivity contribution in [2.24, 2.45) is 0 Å². The van der Waals surface area contributed by atoms with E-state index in [4.69, 9.17) is 9.84 Å².